The average Bonchev–Trinajstić information content (AvgIpc) is 3.12. The highest BCUT2D eigenvalue weighted by atomic mass is 35.5. The Morgan fingerprint density at radius 2 is 1.69 bits per heavy atom. The van der Waals surface area contributed by atoms with E-state index in [9.17, 15) is 9.90 Å². The minimum Gasteiger partial charge on any atom is -0.508 e. The summed E-state index contributed by atoms with van der Waals surface area (Å²) < 4.78 is 1.59. The summed E-state index contributed by atoms with van der Waals surface area (Å²) in [5.74, 6) is 0.756. The lowest BCUT2D eigenvalue weighted by molar-refractivity contribution is 0.475. The van der Waals surface area contributed by atoms with Gasteiger partial charge in [0.25, 0.3) is 5.56 Å². The lowest BCUT2D eigenvalue weighted by Gasteiger charge is -2.13. The molecule has 2 heterocycles. The lowest BCUT2D eigenvalue weighted by atomic mass is 10.1. The van der Waals surface area contributed by atoms with E-state index in [1.54, 1.807) is 35.0 Å². The van der Waals surface area contributed by atoms with Crippen molar-refractivity contribution >= 4 is 23.4 Å². The average molecular weight is 460 g/mol. The molecule has 5 rings (SSSR count). The number of phenols is 1. The van der Waals surface area contributed by atoms with Crippen molar-refractivity contribution in [3.63, 3.8) is 0 Å². The van der Waals surface area contributed by atoms with Crippen LogP contribution in [0.2, 0.25) is 5.02 Å². The van der Waals surface area contributed by atoms with E-state index in [1.807, 2.05) is 54.6 Å². The molecule has 0 saturated carbocycles. The number of phenolic OH excluding ortho intramolecular Hbond substituents is 1. The second-order valence-electron chi connectivity index (χ2n) is 7.32. The van der Waals surface area contributed by atoms with Crippen LogP contribution in [0.3, 0.4) is 0 Å². The largest absolute Gasteiger partial charge is 0.508 e. The second-order valence-corrected chi connectivity index (χ2v) is 8.84. The van der Waals surface area contributed by atoms with Crippen molar-refractivity contribution in [2.45, 2.75) is 16.3 Å². The van der Waals surface area contributed by atoms with E-state index in [0.717, 1.165) is 26.7 Å². The Hall–Kier alpha value is -3.48. The van der Waals surface area contributed by atoms with E-state index in [2.05, 4.69) is 4.98 Å². The molecular formula is C25H18ClN3O2S. The van der Waals surface area contributed by atoms with E-state index in [-0.39, 0.29) is 11.3 Å². The third-order valence-corrected chi connectivity index (χ3v) is 6.32. The Kier molecular flexibility index (Phi) is 5.47. The summed E-state index contributed by atoms with van der Waals surface area (Å²) in [6, 6.07) is 24.2. The van der Waals surface area contributed by atoms with Gasteiger partial charge in [-0.3, -0.25) is 9.36 Å². The first kappa shape index (κ1) is 20.4. The molecule has 0 aliphatic carbocycles. The van der Waals surface area contributed by atoms with Crippen LogP contribution in [0.15, 0.2) is 99.8 Å². The molecule has 0 atom stereocenters. The van der Waals surface area contributed by atoms with Gasteiger partial charge in [0.15, 0.2) is 5.82 Å². The number of aromatic nitrogens is 3. The van der Waals surface area contributed by atoms with Gasteiger partial charge in [-0.1, -0.05) is 53.7 Å². The molecule has 2 aliphatic heterocycles. The molecule has 7 heteroatoms. The van der Waals surface area contributed by atoms with E-state index < -0.39 is 0 Å². The number of hydrogen-bond donors (Lipinski definition) is 2. The first-order chi connectivity index (χ1) is 15.6. The fourth-order valence-corrected chi connectivity index (χ4v) is 4.50. The number of nitrogens with one attached hydrogen (secondary N) is 1. The van der Waals surface area contributed by atoms with Crippen molar-refractivity contribution < 1.29 is 5.11 Å². The standard InChI is InChI=1S/C25H18ClN3O2S/c26-18-8-12-20(13-9-18)32-24-23-27-21(14-16-4-2-1-3-5-16)25(31)29(23)15-22(28-24)17-6-10-19(30)11-7-17/h1-13,15,28,30H,14H2. The number of nitrogens with zero attached hydrogens (tertiary/aromatic N) is 2. The molecule has 0 aromatic heterocycles. The van der Waals surface area contributed by atoms with Gasteiger partial charge in [-0.25, -0.2) is 4.98 Å². The predicted molar refractivity (Wildman–Crippen MR) is 127 cm³/mol. The molecule has 0 bridgehead atoms. The van der Waals surface area contributed by atoms with Crippen LogP contribution in [0.1, 0.15) is 11.3 Å². The number of imidazole rings is 1. The minimum absolute atomic E-state index is 0.143. The zero-order chi connectivity index (χ0) is 22.1. The number of fused-ring (bicyclic) bond motifs is 1. The fraction of sp³-hybridized carbons (Fsp3) is 0.0400. The Labute approximate surface area is 193 Å². The number of benzene rings is 3. The molecule has 3 aromatic carbocycles. The third-order valence-electron chi connectivity index (χ3n) is 5.07. The minimum atomic E-state index is -0.143. The Bertz CT molecular complexity index is 1390. The summed E-state index contributed by atoms with van der Waals surface area (Å²) in [6.07, 6.45) is 2.22. The summed E-state index contributed by atoms with van der Waals surface area (Å²) in [6.45, 7) is 0. The van der Waals surface area contributed by atoms with Crippen LogP contribution in [0.4, 0.5) is 0 Å². The molecule has 0 fully saturated rings. The Balaban J connectivity index is 1.64. The van der Waals surface area contributed by atoms with Crippen LogP contribution >= 0.6 is 23.4 Å². The fourth-order valence-electron chi connectivity index (χ4n) is 3.47. The van der Waals surface area contributed by atoms with Crippen molar-refractivity contribution in [1.82, 2.24) is 14.5 Å². The predicted octanol–water partition coefficient (Wildman–Crippen LogP) is 5.77. The van der Waals surface area contributed by atoms with Crippen molar-refractivity contribution in [1.29, 1.82) is 0 Å². The zero-order valence-electron chi connectivity index (χ0n) is 16.8. The van der Waals surface area contributed by atoms with E-state index in [4.69, 9.17) is 16.6 Å². The SMILES string of the molecule is O=c1c(Cc2ccccc2)nc2c(Sc3ccc(Cl)cc3)[nH]c(-c3ccc(O)cc3)cn1-2. The van der Waals surface area contributed by atoms with Gasteiger partial charge in [0.05, 0.1) is 5.69 Å². The van der Waals surface area contributed by atoms with Gasteiger partial charge in [0.2, 0.25) is 0 Å². The molecule has 2 aliphatic rings. The molecule has 5 nitrogen and oxygen atoms in total. The maximum atomic E-state index is 13.2. The molecule has 0 radical (unpaired) electrons. The van der Waals surface area contributed by atoms with Crippen LogP contribution in [0.25, 0.3) is 17.1 Å². The van der Waals surface area contributed by atoms with Crippen LogP contribution in [0, 0.1) is 0 Å². The van der Waals surface area contributed by atoms with Crippen molar-refractivity contribution in [3.8, 4) is 22.8 Å². The van der Waals surface area contributed by atoms with Gasteiger partial charge in [0, 0.05) is 22.5 Å². The number of aromatic amines is 1. The van der Waals surface area contributed by atoms with Crippen LogP contribution < -0.4 is 5.56 Å². The van der Waals surface area contributed by atoms with E-state index in [1.165, 1.54) is 11.8 Å². The molecule has 0 unspecified atom stereocenters. The zero-order valence-corrected chi connectivity index (χ0v) is 18.4. The number of hydrogen-bond acceptors (Lipinski definition) is 4. The second kappa shape index (κ2) is 8.57. The first-order valence-corrected chi connectivity index (χ1v) is 11.2. The summed E-state index contributed by atoms with van der Waals surface area (Å²) in [7, 11) is 0. The molecule has 2 N–H and O–H groups in total. The highest BCUT2D eigenvalue weighted by molar-refractivity contribution is 7.99. The van der Waals surface area contributed by atoms with Crippen LogP contribution in [-0.4, -0.2) is 19.6 Å². The maximum absolute atomic E-state index is 13.2. The van der Waals surface area contributed by atoms with Gasteiger partial charge < -0.3 is 10.1 Å². The monoisotopic (exact) mass is 459 g/mol. The number of rotatable bonds is 5. The van der Waals surface area contributed by atoms with Crippen molar-refractivity contribution in [2.75, 3.05) is 0 Å². The normalized spacial score (nSPS) is 11.2. The molecule has 0 saturated heterocycles. The Morgan fingerprint density at radius 3 is 2.41 bits per heavy atom. The Morgan fingerprint density at radius 1 is 0.969 bits per heavy atom. The maximum Gasteiger partial charge on any atom is 0.278 e. The molecule has 3 aromatic rings. The van der Waals surface area contributed by atoms with Crippen LogP contribution in [0.5, 0.6) is 5.75 Å². The third kappa shape index (κ3) is 4.15. The summed E-state index contributed by atoms with van der Waals surface area (Å²) >= 11 is 7.51. The smallest absolute Gasteiger partial charge is 0.278 e. The lowest BCUT2D eigenvalue weighted by Crippen LogP contribution is -2.16. The molecule has 32 heavy (non-hydrogen) atoms. The molecule has 0 amide bonds. The summed E-state index contributed by atoms with van der Waals surface area (Å²) in [4.78, 5) is 22.3. The van der Waals surface area contributed by atoms with E-state index >= 15 is 0 Å². The number of halogens is 1. The van der Waals surface area contributed by atoms with Gasteiger partial charge in [-0.2, -0.15) is 0 Å². The molecule has 0 spiro atoms. The van der Waals surface area contributed by atoms with Gasteiger partial charge >= 0.3 is 0 Å². The van der Waals surface area contributed by atoms with Gasteiger partial charge in [-0.15, -0.1) is 0 Å². The summed E-state index contributed by atoms with van der Waals surface area (Å²) in [5.41, 5.74) is 2.97. The van der Waals surface area contributed by atoms with Crippen LogP contribution in [-0.2, 0) is 6.42 Å². The van der Waals surface area contributed by atoms with Gasteiger partial charge in [-0.05, 0) is 59.7 Å². The van der Waals surface area contributed by atoms with E-state index in [0.29, 0.717) is 23.0 Å². The quantitative estimate of drug-likeness (QED) is 0.350. The van der Waals surface area contributed by atoms with Gasteiger partial charge in [0.1, 0.15) is 16.5 Å². The van der Waals surface area contributed by atoms with Crippen molar-refractivity contribution in [3.05, 3.63) is 112 Å². The highest BCUT2D eigenvalue weighted by Gasteiger charge is 2.21. The highest BCUT2D eigenvalue weighted by Crippen LogP contribution is 2.33. The molecular weight excluding hydrogens is 442 g/mol. The number of aromatic hydroxyl groups is 1. The number of H-pyrrole nitrogens is 1. The van der Waals surface area contributed by atoms with Crippen molar-refractivity contribution in [2.24, 2.45) is 0 Å². The summed E-state index contributed by atoms with van der Waals surface area (Å²) in [5, 5.41) is 11.1. The first-order valence-electron chi connectivity index (χ1n) is 9.98. The topological polar surface area (TPSA) is 70.9 Å². The molecule has 158 valence electrons.